The number of methoxy groups -OCH3 is 1. The predicted octanol–water partition coefficient (Wildman–Crippen LogP) is 1.07. The summed E-state index contributed by atoms with van der Waals surface area (Å²) in [5.41, 5.74) is -0.440. The van der Waals surface area contributed by atoms with E-state index in [1.54, 1.807) is 21.6 Å². The van der Waals surface area contributed by atoms with E-state index in [9.17, 15) is 9.59 Å². The zero-order valence-corrected chi connectivity index (χ0v) is 10.7. The smallest absolute Gasteiger partial charge is 0.329 e. The van der Waals surface area contributed by atoms with Crippen molar-refractivity contribution >= 4 is 33.5 Å². The van der Waals surface area contributed by atoms with Gasteiger partial charge < -0.3 is 10.1 Å². The summed E-state index contributed by atoms with van der Waals surface area (Å²) in [5.74, 6) is 0.830. The van der Waals surface area contributed by atoms with E-state index in [0.717, 1.165) is 5.75 Å². The standard InChI is InChI=1S/C9H15NO3S2/c1-9(2)5-15-14-4-6(7(11)13-3)10-8(9)12/h6H,4-5H2,1-3H3,(H,10,12)/t6-/m0/s1. The molecule has 0 saturated carbocycles. The number of amides is 1. The van der Waals surface area contributed by atoms with Crippen molar-refractivity contribution in [2.75, 3.05) is 18.6 Å². The molecule has 1 aliphatic heterocycles. The second kappa shape index (κ2) is 5.12. The number of ether oxygens (including phenoxy) is 1. The normalized spacial score (nSPS) is 26.1. The number of esters is 1. The lowest BCUT2D eigenvalue weighted by molar-refractivity contribution is -0.145. The number of carbonyl (C=O) groups is 2. The van der Waals surface area contributed by atoms with Crippen molar-refractivity contribution in [3.63, 3.8) is 0 Å². The van der Waals surface area contributed by atoms with Gasteiger partial charge in [-0.15, -0.1) is 0 Å². The van der Waals surface area contributed by atoms with E-state index in [0.29, 0.717) is 5.75 Å². The molecular formula is C9H15NO3S2. The molecule has 0 radical (unpaired) electrons. The molecule has 0 aromatic heterocycles. The van der Waals surface area contributed by atoms with E-state index in [1.165, 1.54) is 7.11 Å². The molecule has 6 heteroatoms. The van der Waals surface area contributed by atoms with Crippen LogP contribution in [-0.2, 0) is 14.3 Å². The highest BCUT2D eigenvalue weighted by Crippen LogP contribution is 2.32. The Morgan fingerprint density at radius 2 is 2.20 bits per heavy atom. The van der Waals surface area contributed by atoms with Crippen molar-refractivity contribution in [1.29, 1.82) is 0 Å². The van der Waals surface area contributed by atoms with Gasteiger partial charge in [0.1, 0.15) is 6.04 Å². The van der Waals surface area contributed by atoms with Crippen LogP contribution >= 0.6 is 21.6 Å². The first-order chi connectivity index (χ1) is 6.97. The summed E-state index contributed by atoms with van der Waals surface area (Å²) in [6.45, 7) is 3.74. The van der Waals surface area contributed by atoms with Gasteiger partial charge in [-0.05, 0) is 0 Å². The van der Waals surface area contributed by atoms with E-state index in [4.69, 9.17) is 0 Å². The molecule has 86 valence electrons. The Morgan fingerprint density at radius 1 is 1.53 bits per heavy atom. The molecule has 0 bridgehead atoms. The number of rotatable bonds is 1. The molecule has 4 nitrogen and oxygen atoms in total. The molecule has 1 aliphatic rings. The summed E-state index contributed by atoms with van der Waals surface area (Å²) in [5, 5.41) is 2.71. The maximum Gasteiger partial charge on any atom is 0.329 e. The molecule has 1 N–H and O–H groups in total. The van der Waals surface area contributed by atoms with Gasteiger partial charge in [0.2, 0.25) is 5.91 Å². The Morgan fingerprint density at radius 3 is 2.80 bits per heavy atom. The first-order valence-electron chi connectivity index (χ1n) is 4.60. The Kier molecular flexibility index (Phi) is 4.33. The van der Waals surface area contributed by atoms with Crippen LogP contribution in [0.1, 0.15) is 13.8 Å². The molecule has 0 spiro atoms. The largest absolute Gasteiger partial charge is 0.467 e. The number of hydrogen-bond acceptors (Lipinski definition) is 5. The summed E-state index contributed by atoms with van der Waals surface area (Å²) in [7, 11) is 4.54. The van der Waals surface area contributed by atoms with Gasteiger partial charge >= 0.3 is 5.97 Å². The van der Waals surface area contributed by atoms with Crippen molar-refractivity contribution in [3.8, 4) is 0 Å². The monoisotopic (exact) mass is 249 g/mol. The SMILES string of the molecule is COC(=O)[C@@H]1CSSCC(C)(C)C(=O)N1. The Bertz CT molecular complexity index is 268. The van der Waals surface area contributed by atoms with Crippen LogP contribution in [0.15, 0.2) is 0 Å². The fraction of sp³-hybridized carbons (Fsp3) is 0.778. The Hall–Kier alpha value is -0.360. The van der Waals surface area contributed by atoms with Crippen LogP contribution in [0, 0.1) is 5.41 Å². The van der Waals surface area contributed by atoms with Crippen molar-refractivity contribution in [1.82, 2.24) is 5.32 Å². The highest BCUT2D eigenvalue weighted by Gasteiger charge is 2.34. The van der Waals surface area contributed by atoms with Crippen molar-refractivity contribution in [3.05, 3.63) is 0 Å². The lowest BCUT2D eigenvalue weighted by Gasteiger charge is -2.28. The van der Waals surface area contributed by atoms with Crippen molar-refractivity contribution in [2.24, 2.45) is 5.41 Å². The minimum Gasteiger partial charge on any atom is -0.467 e. The highest BCUT2D eigenvalue weighted by molar-refractivity contribution is 8.76. The van der Waals surface area contributed by atoms with Gasteiger partial charge in [0.05, 0.1) is 12.5 Å². The summed E-state index contributed by atoms with van der Waals surface area (Å²) < 4.78 is 4.63. The summed E-state index contributed by atoms with van der Waals surface area (Å²) in [6, 6.07) is -0.528. The van der Waals surface area contributed by atoms with Crippen LogP contribution in [0.4, 0.5) is 0 Å². The third-order valence-corrected chi connectivity index (χ3v) is 4.88. The first kappa shape index (κ1) is 12.7. The molecule has 0 aromatic carbocycles. The maximum absolute atomic E-state index is 11.8. The van der Waals surface area contributed by atoms with Crippen molar-refractivity contribution in [2.45, 2.75) is 19.9 Å². The van der Waals surface area contributed by atoms with Gasteiger partial charge in [-0.25, -0.2) is 4.79 Å². The maximum atomic E-state index is 11.8. The summed E-state index contributed by atoms with van der Waals surface area (Å²) >= 11 is 0. The van der Waals surface area contributed by atoms with Crippen molar-refractivity contribution < 1.29 is 14.3 Å². The topological polar surface area (TPSA) is 55.4 Å². The van der Waals surface area contributed by atoms with E-state index in [-0.39, 0.29) is 11.9 Å². The van der Waals surface area contributed by atoms with Gasteiger partial charge in [0.25, 0.3) is 0 Å². The number of carbonyl (C=O) groups excluding carboxylic acids is 2. The fourth-order valence-electron chi connectivity index (χ4n) is 1.04. The van der Waals surface area contributed by atoms with Gasteiger partial charge in [0.15, 0.2) is 0 Å². The van der Waals surface area contributed by atoms with Gasteiger partial charge in [-0.1, -0.05) is 35.4 Å². The Labute approximate surface area is 97.3 Å². The molecule has 0 aliphatic carbocycles. The second-order valence-electron chi connectivity index (χ2n) is 3.98. The van der Waals surface area contributed by atoms with Crippen LogP contribution in [0.25, 0.3) is 0 Å². The van der Waals surface area contributed by atoms with Crippen LogP contribution < -0.4 is 5.32 Å². The predicted molar refractivity (Wildman–Crippen MR) is 62.6 cm³/mol. The second-order valence-corrected chi connectivity index (χ2v) is 6.49. The molecule has 0 aromatic rings. The third kappa shape index (κ3) is 3.31. The molecule has 15 heavy (non-hydrogen) atoms. The van der Waals surface area contributed by atoms with Gasteiger partial charge in [-0.2, -0.15) is 0 Å². The molecule has 1 saturated heterocycles. The molecular weight excluding hydrogens is 234 g/mol. The minimum atomic E-state index is -0.528. The minimum absolute atomic E-state index is 0.0919. The van der Waals surface area contributed by atoms with E-state index in [2.05, 4.69) is 10.1 Å². The highest BCUT2D eigenvalue weighted by atomic mass is 33.1. The van der Waals surface area contributed by atoms with E-state index < -0.39 is 11.5 Å². The lowest BCUT2D eigenvalue weighted by Crippen LogP contribution is -2.49. The van der Waals surface area contributed by atoms with Gasteiger partial charge in [0, 0.05) is 11.5 Å². The molecule has 0 unspecified atom stereocenters. The molecule has 1 heterocycles. The fourth-order valence-corrected chi connectivity index (χ4v) is 3.83. The van der Waals surface area contributed by atoms with Crippen LogP contribution in [0.5, 0.6) is 0 Å². The first-order valence-corrected chi connectivity index (χ1v) is 7.09. The molecule has 1 atom stereocenters. The lowest BCUT2D eigenvalue weighted by atomic mass is 9.95. The van der Waals surface area contributed by atoms with Crippen LogP contribution in [-0.4, -0.2) is 36.5 Å². The zero-order chi connectivity index (χ0) is 11.5. The van der Waals surface area contributed by atoms with Gasteiger partial charge in [-0.3, -0.25) is 4.79 Å². The van der Waals surface area contributed by atoms with Crippen LogP contribution in [0.3, 0.4) is 0 Å². The average molecular weight is 249 g/mol. The van der Waals surface area contributed by atoms with E-state index in [1.807, 2.05) is 13.8 Å². The number of nitrogens with one attached hydrogen (secondary N) is 1. The van der Waals surface area contributed by atoms with Crippen LogP contribution in [0.2, 0.25) is 0 Å². The Balaban J connectivity index is 2.70. The zero-order valence-electron chi connectivity index (χ0n) is 9.03. The quantitative estimate of drug-likeness (QED) is 0.556. The average Bonchev–Trinajstić information content (AvgIpc) is 2.19. The molecule has 1 rings (SSSR count). The molecule has 1 fully saturated rings. The van der Waals surface area contributed by atoms with E-state index >= 15 is 0 Å². The third-order valence-electron chi connectivity index (χ3n) is 2.14. The number of hydrogen-bond donors (Lipinski definition) is 1. The summed E-state index contributed by atoms with van der Waals surface area (Å²) in [6.07, 6.45) is 0. The summed E-state index contributed by atoms with van der Waals surface area (Å²) in [4.78, 5) is 23.1. The molecule has 1 amide bonds.